The quantitative estimate of drug-likeness (QED) is 0.695. The lowest BCUT2D eigenvalue weighted by atomic mass is 9.93. The van der Waals surface area contributed by atoms with E-state index in [1.165, 1.54) is 27.8 Å². The maximum absolute atomic E-state index is 5.25. The number of aryl methyl sites for hydroxylation is 2. The Hall–Kier alpha value is -2.55. The lowest BCUT2D eigenvalue weighted by Gasteiger charge is -2.15. The van der Waals surface area contributed by atoms with Gasteiger partial charge in [-0.1, -0.05) is 47.6 Å². The second kappa shape index (κ2) is 5.82. The normalized spacial score (nSPS) is 16.2. The summed E-state index contributed by atoms with van der Waals surface area (Å²) in [7, 11) is 4.07. The molecule has 0 bridgehead atoms. The first-order valence-electron chi connectivity index (χ1n) is 8.45. The molecular weight excluding hydrogens is 296 g/mol. The summed E-state index contributed by atoms with van der Waals surface area (Å²) in [6, 6.07) is 15.5. The van der Waals surface area contributed by atoms with Crippen LogP contribution in [-0.2, 0) is 6.42 Å². The van der Waals surface area contributed by atoms with E-state index in [1.807, 2.05) is 14.1 Å². The number of anilines is 1. The van der Waals surface area contributed by atoms with E-state index in [-0.39, 0.29) is 0 Å². The van der Waals surface area contributed by atoms with Gasteiger partial charge in [0.25, 0.3) is 0 Å². The van der Waals surface area contributed by atoms with E-state index in [4.69, 9.17) is 4.52 Å². The molecule has 0 saturated heterocycles. The Balaban J connectivity index is 1.73. The number of benzene rings is 2. The van der Waals surface area contributed by atoms with Crippen molar-refractivity contribution >= 4 is 5.69 Å². The van der Waals surface area contributed by atoms with Gasteiger partial charge in [0.2, 0.25) is 0 Å². The Morgan fingerprint density at radius 1 is 1.12 bits per heavy atom. The molecule has 0 spiro atoms. The van der Waals surface area contributed by atoms with Crippen molar-refractivity contribution in [3.05, 3.63) is 71.1 Å². The lowest BCUT2D eigenvalue weighted by molar-refractivity contribution is 0.408. The molecule has 3 nitrogen and oxygen atoms in total. The Kier molecular flexibility index (Phi) is 3.64. The van der Waals surface area contributed by atoms with Crippen molar-refractivity contribution in [2.75, 3.05) is 19.0 Å². The molecule has 3 heteroatoms. The lowest BCUT2D eigenvalue weighted by Crippen LogP contribution is -2.11. The predicted molar refractivity (Wildman–Crippen MR) is 97.6 cm³/mol. The molecule has 122 valence electrons. The van der Waals surface area contributed by atoms with Gasteiger partial charge in [0.15, 0.2) is 0 Å². The van der Waals surface area contributed by atoms with Crippen molar-refractivity contribution in [1.82, 2.24) is 5.16 Å². The Labute approximate surface area is 142 Å². The number of hydrogen-bond donors (Lipinski definition) is 0. The van der Waals surface area contributed by atoms with Crippen LogP contribution in [0.3, 0.4) is 0 Å². The molecule has 3 aromatic rings. The fourth-order valence-electron chi connectivity index (χ4n) is 3.78. The summed E-state index contributed by atoms with van der Waals surface area (Å²) in [4.78, 5) is 2.07. The standard InChI is InChI=1S/C21H22N2O/c1-14-6-4-5-7-17(14)15-8-10-18-16(12-15)9-11-19(18)21-20(23(2)3)13-24-22-21/h4-8,10,12-13,19H,9,11H2,1-3H3. The molecule has 0 radical (unpaired) electrons. The predicted octanol–water partition coefficient (Wildman–Crippen LogP) is 4.79. The van der Waals surface area contributed by atoms with Gasteiger partial charge in [-0.05, 0) is 47.6 Å². The fourth-order valence-corrected chi connectivity index (χ4v) is 3.78. The molecule has 1 atom stereocenters. The Morgan fingerprint density at radius 3 is 2.75 bits per heavy atom. The summed E-state index contributed by atoms with van der Waals surface area (Å²) >= 11 is 0. The minimum atomic E-state index is 0.335. The smallest absolute Gasteiger partial charge is 0.147 e. The third-order valence-electron chi connectivity index (χ3n) is 5.07. The van der Waals surface area contributed by atoms with E-state index in [2.05, 4.69) is 59.4 Å². The second-order valence-electron chi connectivity index (χ2n) is 6.80. The van der Waals surface area contributed by atoms with Crippen LogP contribution in [0.25, 0.3) is 11.1 Å². The summed E-state index contributed by atoms with van der Waals surface area (Å²) in [6.45, 7) is 2.17. The first-order valence-corrected chi connectivity index (χ1v) is 8.45. The summed E-state index contributed by atoms with van der Waals surface area (Å²) in [5.74, 6) is 0.335. The zero-order valence-electron chi connectivity index (χ0n) is 14.4. The first-order chi connectivity index (χ1) is 11.6. The molecular formula is C21H22N2O. The maximum atomic E-state index is 5.25. The second-order valence-corrected chi connectivity index (χ2v) is 6.80. The van der Waals surface area contributed by atoms with Crippen LogP contribution in [-0.4, -0.2) is 19.3 Å². The van der Waals surface area contributed by atoms with E-state index in [1.54, 1.807) is 6.26 Å². The van der Waals surface area contributed by atoms with Gasteiger partial charge in [-0.2, -0.15) is 0 Å². The van der Waals surface area contributed by atoms with Gasteiger partial charge in [-0.15, -0.1) is 0 Å². The first kappa shape index (κ1) is 15.0. The number of aromatic nitrogens is 1. The monoisotopic (exact) mass is 318 g/mol. The number of hydrogen-bond acceptors (Lipinski definition) is 3. The topological polar surface area (TPSA) is 29.3 Å². The summed E-state index contributed by atoms with van der Waals surface area (Å²) in [5.41, 5.74) is 8.91. The average Bonchev–Trinajstić information content (AvgIpc) is 3.21. The van der Waals surface area contributed by atoms with Crippen molar-refractivity contribution in [2.45, 2.75) is 25.7 Å². The van der Waals surface area contributed by atoms with Gasteiger partial charge in [0.05, 0.1) is 0 Å². The average molecular weight is 318 g/mol. The van der Waals surface area contributed by atoms with Crippen LogP contribution < -0.4 is 4.90 Å². The molecule has 1 heterocycles. The van der Waals surface area contributed by atoms with Crippen molar-refractivity contribution in [1.29, 1.82) is 0 Å². The molecule has 0 aliphatic heterocycles. The van der Waals surface area contributed by atoms with Crippen LogP contribution in [0.5, 0.6) is 0 Å². The SMILES string of the molecule is Cc1ccccc1-c1ccc2c(c1)CCC2c1nocc1N(C)C. The summed E-state index contributed by atoms with van der Waals surface area (Å²) in [6.07, 6.45) is 3.94. The largest absolute Gasteiger partial charge is 0.373 e. The highest BCUT2D eigenvalue weighted by atomic mass is 16.5. The Bertz CT molecular complexity index is 879. The van der Waals surface area contributed by atoms with Crippen molar-refractivity contribution in [2.24, 2.45) is 0 Å². The van der Waals surface area contributed by atoms with E-state index in [0.29, 0.717) is 5.92 Å². The maximum Gasteiger partial charge on any atom is 0.147 e. The molecule has 1 aliphatic rings. The molecule has 1 unspecified atom stereocenters. The summed E-state index contributed by atoms with van der Waals surface area (Å²) < 4.78 is 5.25. The van der Waals surface area contributed by atoms with E-state index < -0.39 is 0 Å². The highest BCUT2D eigenvalue weighted by molar-refractivity contribution is 5.69. The van der Waals surface area contributed by atoms with Gasteiger partial charge in [0.1, 0.15) is 17.6 Å². The molecule has 2 aromatic carbocycles. The van der Waals surface area contributed by atoms with Crippen molar-refractivity contribution < 1.29 is 4.52 Å². The molecule has 4 rings (SSSR count). The highest BCUT2D eigenvalue weighted by Crippen LogP contribution is 2.42. The molecule has 24 heavy (non-hydrogen) atoms. The minimum Gasteiger partial charge on any atom is -0.373 e. The third kappa shape index (κ3) is 2.41. The van der Waals surface area contributed by atoms with E-state index in [0.717, 1.165) is 24.2 Å². The number of fused-ring (bicyclic) bond motifs is 1. The highest BCUT2D eigenvalue weighted by Gasteiger charge is 2.29. The summed E-state index contributed by atoms with van der Waals surface area (Å²) in [5, 5.41) is 4.30. The van der Waals surface area contributed by atoms with Gasteiger partial charge >= 0.3 is 0 Å². The zero-order chi connectivity index (χ0) is 16.7. The van der Waals surface area contributed by atoms with Gasteiger partial charge in [-0.3, -0.25) is 0 Å². The molecule has 0 saturated carbocycles. The van der Waals surface area contributed by atoms with Gasteiger partial charge < -0.3 is 9.42 Å². The van der Waals surface area contributed by atoms with Crippen LogP contribution in [0.2, 0.25) is 0 Å². The van der Waals surface area contributed by atoms with Crippen molar-refractivity contribution in [3.63, 3.8) is 0 Å². The Morgan fingerprint density at radius 2 is 1.96 bits per heavy atom. The molecule has 1 aromatic heterocycles. The molecule has 1 aliphatic carbocycles. The van der Waals surface area contributed by atoms with Gasteiger partial charge in [0, 0.05) is 20.0 Å². The fraction of sp³-hybridized carbons (Fsp3) is 0.286. The van der Waals surface area contributed by atoms with E-state index >= 15 is 0 Å². The van der Waals surface area contributed by atoms with Crippen LogP contribution >= 0.6 is 0 Å². The van der Waals surface area contributed by atoms with Crippen LogP contribution in [0.15, 0.2) is 53.3 Å². The minimum absolute atomic E-state index is 0.335. The molecule has 0 N–H and O–H groups in total. The van der Waals surface area contributed by atoms with Crippen molar-refractivity contribution in [3.8, 4) is 11.1 Å². The van der Waals surface area contributed by atoms with Crippen LogP contribution in [0, 0.1) is 6.92 Å². The molecule has 0 amide bonds. The van der Waals surface area contributed by atoms with Gasteiger partial charge in [-0.25, -0.2) is 0 Å². The van der Waals surface area contributed by atoms with E-state index in [9.17, 15) is 0 Å². The van der Waals surface area contributed by atoms with Crippen LogP contribution in [0.1, 0.15) is 34.7 Å². The number of rotatable bonds is 3. The number of nitrogens with zero attached hydrogens (tertiary/aromatic N) is 2. The van der Waals surface area contributed by atoms with Crippen LogP contribution in [0.4, 0.5) is 5.69 Å². The molecule has 0 fully saturated rings. The zero-order valence-corrected chi connectivity index (χ0v) is 14.4. The third-order valence-corrected chi connectivity index (χ3v) is 5.07.